The van der Waals surface area contributed by atoms with Gasteiger partial charge in [0, 0.05) is 49.0 Å². The van der Waals surface area contributed by atoms with E-state index in [0.717, 1.165) is 73.4 Å². The number of benzene rings is 1. The van der Waals surface area contributed by atoms with Crippen LogP contribution in [0, 0.1) is 5.92 Å². The van der Waals surface area contributed by atoms with Gasteiger partial charge in [-0.1, -0.05) is 38.4 Å². The maximum atomic E-state index is 6.23. The van der Waals surface area contributed by atoms with Gasteiger partial charge in [0.15, 0.2) is 0 Å². The molecular weight excluding hydrogens is 356 g/mol. The zero-order valence-corrected chi connectivity index (χ0v) is 18.0. The quantitative estimate of drug-likeness (QED) is 0.728. The van der Waals surface area contributed by atoms with Gasteiger partial charge in [-0.05, 0) is 44.5 Å². The maximum Gasteiger partial charge on any atom is 0.127 e. The number of amidine groups is 1. The smallest absolute Gasteiger partial charge is 0.127 e. The Morgan fingerprint density at radius 2 is 2.04 bits per heavy atom. The van der Waals surface area contributed by atoms with Crippen LogP contribution in [0.5, 0.6) is 0 Å². The molecule has 0 radical (unpaired) electrons. The van der Waals surface area contributed by atoms with Gasteiger partial charge in [-0.25, -0.2) is 4.99 Å². The number of rotatable bonds is 5. The topological polar surface area (TPSA) is 22.1 Å². The fraction of sp³-hybridized carbons (Fsp3) is 0.591. The van der Waals surface area contributed by atoms with E-state index in [4.69, 9.17) is 16.6 Å². The molecule has 0 saturated carbocycles. The molecular formula is C22H33ClN4. The van der Waals surface area contributed by atoms with Crippen LogP contribution in [0.3, 0.4) is 0 Å². The lowest BCUT2D eigenvalue weighted by atomic mass is 10.0. The minimum Gasteiger partial charge on any atom is -0.329 e. The fourth-order valence-corrected chi connectivity index (χ4v) is 4.59. The first kappa shape index (κ1) is 20.4. The van der Waals surface area contributed by atoms with Crippen molar-refractivity contribution in [1.29, 1.82) is 0 Å². The van der Waals surface area contributed by atoms with E-state index in [9.17, 15) is 0 Å². The molecule has 3 rings (SSSR count). The summed E-state index contributed by atoms with van der Waals surface area (Å²) in [5.74, 6) is 1.81. The summed E-state index contributed by atoms with van der Waals surface area (Å²) in [6.07, 6.45) is 2.25. The standard InChI is InChI=1S/C22H33ClN4/c1-6-8-21(26-12-11-25(5)14-16(3)15-26)22-24-20-10-9-18(23)13-19(20)17(4)27(22)7-2/h9-10,13,16,21H,4,6-8,11-12,14-15H2,1-3,5H3/t16-,21+/m0/s1. The van der Waals surface area contributed by atoms with Gasteiger partial charge in [-0.15, -0.1) is 0 Å². The molecule has 4 nitrogen and oxygen atoms in total. The number of hydrogen-bond donors (Lipinski definition) is 0. The number of nitrogens with zero attached hydrogens (tertiary/aromatic N) is 4. The van der Waals surface area contributed by atoms with Gasteiger partial charge in [0.05, 0.1) is 11.7 Å². The van der Waals surface area contributed by atoms with Crippen LogP contribution >= 0.6 is 11.6 Å². The molecule has 2 aliphatic rings. The fourth-order valence-electron chi connectivity index (χ4n) is 4.41. The van der Waals surface area contributed by atoms with Crippen molar-refractivity contribution in [2.75, 3.05) is 39.8 Å². The third kappa shape index (κ3) is 4.39. The number of likely N-dealkylation sites (N-methyl/N-ethyl adjacent to an activating group) is 2. The van der Waals surface area contributed by atoms with E-state index in [-0.39, 0.29) is 0 Å². The Bertz CT molecular complexity index is 714. The Balaban J connectivity index is 2.00. The first-order chi connectivity index (χ1) is 12.9. The lowest BCUT2D eigenvalue weighted by molar-refractivity contribution is 0.215. The van der Waals surface area contributed by atoms with Crippen LogP contribution in [-0.2, 0) is 0 Å². The zero-order chi connectivity index (χ0) is 19.6. The summed E-state index contributed by atoms with van der Waals surface area (Å²) >= 11 is 6.23. The van der Waals surface area contributed by atoms with Crippen LogP contribution in [0.25, 0.3) is 5.70 Å². The van der Waals surface area contributed by atoms with Crippen molar-refractivity contribution in [3.8, 4) is 0 Å². The number of aliphatic imine (C=N–C) groups is 1. The molecule has 0 N–H and O–H groups in total. The molecule has 5 heteroatoms. The molecule has 2 atom stereocenters. The molecule has 2 heterocycles. The predicted octanol–water partition coefficient (Wildman–Crippen LogP) is 4.73. The van der Waals surface area contributed by atoms with Crippen LogP contribution in [0.4, 0.5) is 5.69 Å². The number of hydrogen-bond acceptors (Lipinski definition) is 4. The SMILES string of the molecule is C=C1c2cc(Cl)ccc2N=C([C@@H](CCC)N2CCN(C)C[C@H](C)C2)N1CC. The van der Waals surface area contributed by atoms with E-state index in [1.807, 2.05) is 18.2 Å². The van der Waals surface area contributed by atoms with Crippen molar-refractivity contribution < 1.29 is 0 Å². The molecule has 27 heavy (non-hydrogen) atoms. The Labute approximate surface area is 169 Å². The monoisotopic (exact) mass is 388 g/mol. The largest absolute Gasteiger partial charge is 0.329 e. The van der Waals surface area contributed by atoms with E-state index in [2.05, 4.69) is 49.1 Å². The van der Waals surface area contributed by atoms with Gasteiger partial charge in [0.2, 0.25) is 0 Å². The number of halogens is 1. The Morgan fingerprint density at radius 1 is 1.26 bits per heavy atom. The lowest BCUT2D eigenvalue weighted by Gasteiger charge is -2.40. The van der Waals surface area contributed by atoms with Gasteiger partial charge < -0.3 is 9.80 Å². The summed E-state index contributed by atoms with van der Waals surface area (Å²) in [7, 11) is 2.23. The Hall–Kier alpha value is -1.36. The summed E-state index contributed by atoms with van der Waals surface area (Å²) in [6.45, 7) is 16.5. The van der Waals surface area contributed by atoms with Crippen molar-refractivity contribution in [3.05, 3.63) is 35.4 Å². The second-order valence-corrected chi connectivity index (χ2v) is 8.43. The van der Waals surface area contributed by atoms with Crippen molar-refractivity contribution in [2.24, 2.45) is 10.9 Å². The van der Waals surface area contributed by atoms with Crippen molar-refractivity contribution in [3.63, 3.8) is 0 Å². The summed E-state index contributed by atoms with van der Waals surface area (Å²) in [5, 5.41) is 0.735. The van der Waals surface area contributed by atoms with Gasteiger partial charge in [0.1, 0.15) is 5.84 Å². The van der Waals surface area contributed by atoms with Gasteiger partial charge >= 0.3 is 0 Å². The maximum absolute atomic E-state index is 6.23. The molecule has 1 aromatic carbocycles. The lowest BCUT2D eigenvalue weighted by Crippen LogP contribution is -2.50. The van der Waals surface area contributed by atoms with Crippen LogP contribution in [0.2, 0.25) is 5.02 Å². The van der Waals surface area contributed by atoms with Crippen molar-refractivity contribution >= 4 is 28.8 Å². The van der Waals surface area contributed by atoms with E-state index in [0.29, 0.717) is 12.0 Å². The Kier molecular flexibility index (Phi) is 6.61. The van der Waals surface area contributed by atoms with Crippen LogP contribution < -0.4 is 0 Å². The van der Waals surface area contributed by atoms with E-state index in [1.54, 1.807) is 0 Å². The highest BCUT2D eigenvalue weighted by Gasteiger charge is 2.33. The Morgan fingerprint density at radius 3 is 2.74 bits per heavy atom. The zero-order valence-electron chi connectivity index (χ0n) is 17.2. The molecule has 1 fully saturated rings. The first-order valence-corrected chi connectivity index (χ1v) is 10.6. The van der Waals surface area contributed by atoms with Gasteiger partial charge in [0.25, 0.3) is 0 Å². The average Bonchev–Trinajstić information content (AvgIpc) is 2.80. The summed E-state index contributed by atoms with van der Waals surface area (Å²) in [6, 6.07) is 6.26. The summed E-state index contributed by atoms with van der Waals surface area (Å²) < 4.78 is 0. The molecule has 1 saturated heterocycles. The first-order valence-electron chi connectivity index (χ1n) is 10.2. The second kappa shape index (κ2) is 8.76. The average molecular weight is 389 g/mol. The normalized spacial score (nSPS) is 23.0. The molecule has 0 aliphatic carbocycles. The highest BCUT2D eigenvalue weighted by atomic mass is 35.5. The highest BCUT2D eigenvalue weighted by Crippen LogP contribution is 2.36. The molecule has 0 aromatic heterocycles. The number of fused-ring (bicyclic) bond motifs is 1. The van der Waals surface area contributed by atoms with Gasteiger partial charge in [-0.3, -0.25) is 4.90 Å². The van der Waals surface area contributed by atoms with E-state index in [1.165, 1.54) is 0 Å². The predicted molar refractivity (Wildman–Crippen MR) is 117 cm³/mol. The summed E-state index contributed by atoms with van der Waals surface area (Å²) in [5.41, 5.74) is 3.05. The van der Waals surface area contributed by atoms with Crippen molar-refractivity contribution in [2.45, 2.75) is 39.7 Å². The molecule has 2 aliphatic heterocycles. The molecule has 148 valence electrons. The minimum atomic E-state index is 0.324. The van der Waals surface area contributed by atoms with Crippen molar-refractivity contribution in [1.82, 2.24) is 14.7 Å². The molecule has 0 bridgehead atoms. The van der Waals surface area contributed by atoms with Crippen LogP contribution in [0.15, 0.2) is 29.8 Å². The molecule has 0 unspecified atom stereocenters. The molecule has 0 amide bonds. The molecule has 0 spiro atoms. The highest BCUT2D eigenvalue weighted by molar-refractivity contribution is 6.31. The second-order valence-electron chi connectivity index (χ2n) is 7.99. The minimum absolute atomic E-state index is 0.324. The van der Waals surface area contributed by atoms with Crippen LogP contribution in [0.1, 0.15) is 39.2 Å². The van der Waals surface area contributed by atoms with E-state index >= 15 is 0 Å². The molecule has 1 aromatic rings. The third-order valence-electron chi connectivity index (χ3n) is 5.66. The third-order valence-corrected chi connectivity index (χ3v) is 5.90. The van der Waals surface area contributed by atoms with Crippen LogP contribution in [-0.4, -0.2) is 66.3 Å². The van der Waals surface area contributed by atoms with Gasteiger partial charge in [-0.2, -0.15) is 0 Å². The van der Waals surface area contributed by atoms with E-state index < -0.39 is 0 Å². The summed E-state index contributed by atoms with van der Waals surface area (Å²) in [4.78, 5) is 12.5.